The van der Waals surface area contributed by atoms with Gasteiger partial charge in [-0.15, -0.1) is 0 Å². The van der Waals surface area contributed by atoms with Gasteiger partial charge in [-0.25, -0.2) is 14.8 Å². The third kappa shape index (κ3) is 3.13. The first kappa shape index (κ1) is 17.4. The molecule has 2 aliphatic rings. The van der Waals surface area contributed by atoms with Gasteiger partial charge in [0.05, 0.1) is 5.56 Å². The van der Waals surface area contributed by atoms with Crippen LogP contribution in [0.4, 0.5) is 0 Å². The molecule has 27 heavy (non-hydrogen) atoms. The number of H-pyrrole nitrogens is 2. The monoisotopic (exact) mass is 371 g/mol. The second-order valence-electron chi connectivity index (χ2n) is 7.11. The third-order valence-electron chi connectivity index (χ3n) is 5.42. The van der Waals surface area contributed by atoms with Crippen LogP contribution in [0.5, 0.6) is 5.88 Å². The van der Waals surface area contributed by atoms with Crippen LogP contribution >= 0.6 is 0 Å². The van der Waals surface area contributed by atoms with E-state index in [1.807, 2.05) is 0 Å². The first-order chi connectivity index (χ1) is 13.0. The summed E-state index contributed by atoms with van der Waals surface area (Å²) in [4.78, 5) is 49.2. The number of nitrogens with zero attached hydrogens (tertiary/aromatic N) is 2. The molecule has 0 bridgehead atoms. The lowest BCUT2D eigenvalue weighted by Crippen LogP contribution is -2.44. The highest BCUT2D eigenvalue weighted by Gasteiger charge is 2.51. The largest absolute Gasteiger partial charge is 0.471 e. The van der Waals surface area contributed by atoms with Gasteiger partial charge in [-0.05, 0) is 32.3 Å². The summed E-state index contributed by atoms with van der Waals surface area (Å²) in [5.41, 5.74) is -0.695. The van der Waals surface area contributed by atoms with Crippen LogP contribution < -0.4 is 21.3 Å². The maximum absolute atomic E-state index is 12.3. The van der Waals surface area contributed by atoms with Crippen molar-refractivity contribution in [3.05, 3.63) is 50.2 Å². The zero-order valence-corrected chi connectivity index (χ0v) is 15.0. The lowest BCUT2D eigenvalue weighted by atomic mass is 9.72. The van der Waals surface area contributed by atoms with E-state index in [0.29, 0.717) is 30.0 Å². The molecule has 1 aliphatic carbocycles. The molecular formula is C18H21N5O4. The van der Waals surface area contributed by atoms with Gasteiger partial charge in [0.15, 0.2) is 0 Å². The van der Waals surface area contributed by atoms with Crippen molar-refractivity contribution in [3.8, 4) is 5.88 Å². The van der Waals surface area contributed by atoms with Gasteiger partial charge in [0.2, 0.25) is 5.88 Å². The van der Waals surface area contributed by atoms with Crippen LogP contribution in [0, 0.1) is 6.92 Å². The molecule has 1 fully saturated rings. The van der Waals surface area contributed by atoms with Crippen molar-refractivity contribution in [2.45, 2.75) is 50.5 Å². The number of aromatic nitrogens is 4. The topological polar surface area (TPSA) is 130 Å². The maximum atomic E-state index is 12.3. The van der Waals surface area contributed by atoms with Gasteiger partial charge in [-0.2, -0.15) is 0 Å². The maximum Gasteiger partial charge on any atom is 0.328 e. The second-order valence-corrected chi connectivity index (χ2v) is 7.11. The van der Waals surface area contributed by atoms with E-state index in [4.69, 9.17) is 4.74 Å². The quantitative estimate of drug-likeness (QED) is 0.728. The van der Waals surface area contributed by atoms with Gasteiger partial charge < -0.3 is 10.1 Å². The Hall–Kier alpha value is -2.97. The Morgan fingerprint density at radius 1 is 1.37 bits per heavy atom. The number of amides is 1. The number of rotatable bonds is 4. The Bertz CT molecular complexity index is 998. The predicted octanol–water partition coefficient (Wildman–Crippen LogP) is 0.771. The number of ether oxygens (including phenoxy) is 1. The molecule has 1 aliphatic heterocycles. The number of hydrogen-bond acceptors (Lipinski definition) is 6. The van der Waals surface area contributed by atoms with Crippen LogP contribution in [0.15, 0.2) is 21.9 Å². The third-order valence-corrected chi connectivity index (χ3v) is 5.42. The first-order valence-electron chi connectivity index (χ1n) is 9.12. The summed E-state index contributed by atoms with van der Waals surface area (Å²) in [5.74, 6) is 0.450. The van der Waals surface area contributed by atoms with E-state index in [1.165, 1.54) is 0 Å². The minimum Gasteiger partial charge on any atom is -0.471 e. The van der Waals surface area contributed by atoms with Gasteiger partial charge >= 0.3 is 5.69 Å². The summed E-state index contributed by atoms with van der Waals surface area (Å²) in [7, 11) is 0. The van der Waals surface area contributed by atoms with Crippen molar-refractivity contribution >= 4 is 5.91 Å². The second kappa shape index (κ2) is 6.64. The number of carbonyl (C=O) groups excluding carboxylic acids is 1. The highest BCUT2D eigenvalue weighted by atomic mass is 16.5. The average Bonchev–Trinajstić information content (AvgIpc) is 2.95. The highest BCUT2D eigenvalue weighted by Crippen LogP contribution is 2.51. The molecule has 2 aromatic heterocycles. The number of aryl methyl sites for hydroxylation is 1. The number of carbonyl (C=O) groups is 1. The summed E-state index contributed by atoms with van der Waals surface area (Å²) < 4.78 is 6.11. The standard InChI is InChI=1S/C18H21N5O4/c1-10-19-8-5-12(21-10)14(24)20-9-7-18-6-3-2-4-11(18)13-15(25)22-17(26)23-16(13)27-18/h5,8,11H,2-4,6-7,9H2,1H3,(H,20,24)(H2,22,23,25,26)/t11-,18+/m1/s1. The summed E-state index contributed by atoms with van der Waals surface area (Å²) in [6, 6.07) is 1.57. The van der Waals surface area contributed by atoms with E-state index < -0.39 is 11.3 Å². The zero-order valence-electron chi connectivity index (χ0n) is 15.0. The van der Waals surface area contributed by atoms with E-state index in [-0.39, 0.29) is 23.3 Å². The Labute approximate surface area is 154 Å². The van der Waals surface area contributed by atoms with Gasteiger partial charge in [-0.3, -0.25) is 19.6 Å². The van der Waals surface area contributed by atoms with E-state index in [0.717, 1.165) is 25.7 Å². The van der Waals surface area contributed by atoms with Crippen molar-refractivity contribution in [2.75, 3.05) is 6.54 Å². The van der Waals surface area contributed by atoms with Gasteiger partial charge in [0.1, 0.15) is 17.1 Å². The molecule has 142 valence electrons. The Morgan fingerprint density at radius 2 is 2.22 bits per heavy atom. The fraction of sp³-hybridized carbons (Fsp3) is 0.500. The number of fused-ring (bicyclic) bond motifs is 3. The Morgan fingerprint density at radius 3 is 3.04 bits per heavy atom. The highest BCUT2D eigenvalue weighted by molar-refractivity contribution is 5.92. The molecule has 3 heterocycles. The molecule has 4 rings (SSSR count). The van der Waals surface area contributed by atoms with E-state index >= 15 is 0 Å². The average molecular weight is 371 g/mol. The summed E-state index contributed by atoms with van der Waals surface area (Å²) >= 11 is 0. The molecule has 2 aromatic rings. The normalized spacial score (nSPS) is 23.2. The van der Waals surface area contributed by atoms with Crippen LogP contribution in [-0.2, 0) is 0 Å². The van der Waals surface area contributed by atoms with Crippen molar-refractivity contribution in [1.82, 2.24) is 25.3 Å². The lowest BCUT2D eigenvalue weighted by Gasteiger charge is -2.38. The Kier molecular flexibility index (Phi) is 4.29. The van der Waals surface area contributed by atoms with Crippen molar-refractivity contribution in [1.29, 1.82) is 0 Å². The molecule has 1 amide bonds. The van der Waals surface area contributed by atoms with Crippen LogP contribution in [0.3, 0.4) is 0 Å². The van der Waals surface area contributed by atoms with Crippen LogP contribution in [0.1, 0.15) is 59.9 Å². The fourth-order valence-electron chi connectivity index (χ4n) is 4.23. The lowest BCUT2D eigenvalue weighted by molar-refractivity contribution is 0.0245. The van der Waals surface area contributed by atoms with Crippen LogP contribution in [0.2, 0.25) is 0 Å². The van der Waals surface area contributed by atoms with Crippen molar-refractivity contribution < 1.29 is 9.53 Å². The number of hydrogen-bond donors (Lipinski definition) is 3. The Balaban J connectivity index is 1.51. The predicted molar refractivity (Wildman–Crippen MR) is 96.0 cm³/mol. The van der Waals surface area contributed by atoms with Gasteiger partial charge in [-0.1, -0.05) is 6.42 Å². The van der Waals surface area contributed by atoms with Crippen molar-refractivity contribution in [2.24, 2.45) is 0 Å². The van der Waals surface area contributed by atoms with Crippen LogP contribution in [-0.4, -0.2) is 38.0 Å². The molecule has 0 saturated heterocycles. The van der Waals surface area contributed by atoms with Gasteiger partial charge in [0, 0.05) is 25.1 Å². The summed E-state index contributed by atoms with van der Waals surface area (Å²) in [5, 5.41) is 2.87. The first-order valence-corrected chi connectivity index (χ1v) is 9.12. The minimum atomic E-state index is -0.577. The van der Waals surface area contributed by atoms with E-state index in [1.54, 1.807) is 19.2 Å². The molecule has 0 radical (unpaired) electrons. The number of nitrogens with one attached hydrogen (secondary N) is 3. The molecule has 0 aromatic carbocycles. The van der Waals surface area contributed by atoms with Crippen LogP contribution in [0.25, 0.3) is 0 Å². The fourth-order valence-corrected chi connectivity index (χ4v) is 4.23. The van der Waals surface area contributed by atoms with E-state index in [2.05, 4.69) is 25.3 Å². The minimum absolute atomic E-state index is 0.0833. The molecule has 0 unspecified atom stereocenters. The van der Waals surface area contributed by atoms with Gasteiger partial charge in [0.25, 0.3) is 11.5 Å². The summed E-state index contributed by atoms with van der Waals surface area (Å²) in [6.07, 6.45) is 5.67. The molecular weight excluding hydrogens is 350 g/mol. The summed E-state index contributed by atoms with van der Waals surface area (Å²) in [6.45, 7) is 2.11. The van der Waals surface area contributed by atoms with Crippen molar-refractivity contribution in [3.63, 3.8) is 0 Å². The molecule has 2 atom stereocenters. The number of aromatic amines is 2. The molecule has 3 N–H and O–H groups in total. The SMILES string of the molecule is Cc1nccc(C(=O)NCC[C@@]23CCCC[C@@H]2c2c([nH]c(=O)[nH]c2=O)O3)n1. The molecule has 0 spiro atoms. The molecule has 9 heteroatoms. The zero-order chi connectivity index (χ0) is 19.0. The van der Waals surface area contributed by atoms with E-state index in [9.17, 15) is 14.4 Å². The molecule has 1 saturated carbocycles. The smallest absolute Gasteiger partial charge is 0.328 e. The molecule has 9 nitrogen and oxygen atoms in total.